The Labute approximate surface area is 172 Å². The van der Waals surface area contributed by atoms with E-state index < -0.39 is 41.7 Å². The number of carbonyl (C=O) groups is 3. The fourth-order valence-electron chi connectivity index (χ4n) is 3.37. The summed E-state index contributed by atoms with van der Waals surface area (Å²) >= 11 is 3.28. The van der Waals surface area contributed by atoms with Crippen molar-refractivity contribution >= 4 is 33.5 Å². The minimum absolute atomic E-state index is 0.0397. The Morgan fingerprint density at radius 1 is 1.10 bits per heavy atom. The maximum absolute atomic E-state index is 12.9. The average Bonchev–Trinajstić information content (AvgIpc) is 2.98. The zero-order valence-electron chi connectivity index (χ0n) is 15.1. The van der Waals surface area contributed by atoms with Crippen LogP contribution in [0.2, 0.25) is 0 Å². The van der Waals surface area contributed by atoms with Gasteiger partial charge in [-0.25, -0.2) is 0 Å². The predicted octanol–water partition coefficient (Wildman–Crippen LogP) is 4.67. The van der Waals surface area contributed by atoms with E-state index in [4.69, 9.17) is 0 Å². The fraction of sp³-hybridized carbons (Fsp3) is 0.250. The van der Waals surface area contributed by atoms with Crippen LogP contribution in [0.3, 0.4) is 0 Å². The van der Waals surface area contributed by atoms with Gasteiger partial charge in [-0.1, -0.05) is 46.3 Å². The third-order valence-corrected chi connectivity index (χ3v) is 5.29. The molecule has 29 heavy (non-hydrogen) atoms. The maximum Gasteiger partial charge on any atom is 0.573 e. The summed E-state index contributed by atoms with van der Waals surface area (Å²) < 4.78 is 41.4. The summed E-state index contributed by atoms with van der Waals surface area (Å²) in [5.74, 6) is -3.07. The number of nitrogens with zero attached hydrogens (tertiary/aromatic N) is 1. The van der Waals surface area contributed by atoms with Crippen LogP contribution in [-0.4, -0.2) is 28.9 Å². The van der Waals surface area contributed by atoms with Gasteiger partial charge in [-0.05, 0) is 30.2 Å². The Kier molecular flexibility index (Phi) is 5.79. The lowest BCUT2D eigenvalue weighted by Gasteiger charge is -2.22. The molecule has 9 heteroatoms. The molecule has 1 saturated heterocycles. The molecular weight excluding hydrogens is 455 g/mol. The van der Waals surface area contributed by atoms with Gasteiger partial charge in [0.1, 0.15) is 11.7 Å². The fourth-order valence-corrected chi connectivity index (χ4v) is 3.85. The molecule has 3 rings (SSSR count). The highest BCUT2D eigenvalue weighted by Crippen LogP contribution is 2.39. The minimum Gasteiger partial charge on any atom is -0.406 e. The summed E-state index contributed by atoms with van der Waals surface area (Å²) in [5, 5.41) is 0. The van der Waals surface area contributed by atoms with Crippen molar-refractivity contribution in [1.29, 1.82) is 0 Å². The van der Waals surface area contributed by atoms with E-state index >= 15 is 0 Å². The molecular formula is C20H15BrF3NO4. The first-order valence-corrected chi connectivity index (χ1v) is 9.36. The van der Waals surface area contributed by atoms with E-state index in [0.717, 1.165) is 17.0 Å². The molecule has 152 valence electrons. The van der Waals surface area contributed by atoms with E-state index in [-0.39, 0.29) is 6.42 Å². The molecule has 0 saturated carbocycles. The highest BCUT2D eigenvalue weighted by Gasteiger charge is 2.46. The number of imide groups is 1. The first-order valence-electron chi connectivity index (χ1n) is 8.56. The first kappa shape index (κ1) is 21.0. The van der Waals surface area contributed by atoms with Crippen LogP contribution in [0, 0.1) is 5.92 Å². The lowest BCUT2D eigenvalue weighted by molar-refractivity contribution is -0.274. The number of likely N-dealkylation sites (tertiary alicyclic amines) is 1. The van der Waals surface area contributed by atoms with Crippen LogP contribution in [0.15, 0.2) is 53.0 Å². The lowest BCUT2D eigenvalue weighted by atomic mass is 9.92. The van der Waals surface area contributed by atoms with Crippen LogP contribution < -0.4 is 4.74 Å². The standard InChI is InChI=1S/C20H15BrF3NO4/c1-11(26)25-17(12-6-8-13(9-7-12)29-20(22,23)24)10-15(19(25)28)18(27)14-4-2-3-5-16(14)21/h2-9,15,17H,10H2,1H3. The minimum atomic E-state index is -4.82. The van der Waals surface area contributed by atoms with Crippen molar-refractivity contribution in [3.05, 3.63) is 64.1 Å². The number of hydrogen-bond donors (Lipinski definition) is 0. The zero-order chi connectivity index (χ0) is 21.3. The molecule has 0 N–H and O–H groups in total. The largest absolute Gasteiger partial charge is 0.573 e. The van der Waals surface area contributed by atoms with E-state index in [1.165, 1.54) is 19.1 Å². The molecule has 1 aliphatic rings. The molecule has 1 fully saturated rings. The predicted molar refractivity (Wildman–Crippen MR) is 100.0 cm³/mol. The van der Waals surface area contributed by atoms with Gasteiger partial charge < -0.3 is 4.74 Å². The molecule has 0 radical (unpaired) electrons. The van der Waals surface area contributed by atoms with Crippen LogP contribution in [0.5, 0.6) is 5.75 Å². The molecule has 2 aromatic carbocycles. The Morgan fingerprint density at radius 2 is 1.72 bits per heavy atom. The Balaban J connectivity index is 1.89. The van der Waals surface area contributed by atoms with Crippen LogP contribution in [0.1, 0.15) is 35.3 Å². The zero-order valence-corrected chi connectivity index (χ0v) is 16.7. The number of carbonyl (C=O) groups excluding carboxylic acids is 3. The Hall–Kier alpha value is -2.68. The number of amides is 2. The Morgan fingerprint density at radius 3 is 2.28 bits per heavy atom. The summed E-state index contributed by atoms with van der Waals surface area (Å²) in [6.45, 7) is 1.21. The topological polar surface area (TPSA) is 63.7 Å². The number of rotatable bonds is 4. The van der Waals surface area contributed by atoms with Gasteiger partial charge in [0.25, 0.3) is 0 Å². The van der Waals surface area contributed by atoms with E-state index in [2.05, 4.69) is 20.7 Å². The van der Waals surface area contributed by atoms with Crippen LogP contribution in [0.4, 0.5) is 13.2 Å². The Bertz CT molecular complexity index is 959. The number of halogens is 4. The first-order chi connectivity index (χ1) is 13.6. The third kappa shape index (κ3) is 4.50. The van der Waals surface area contributed by atoms with Gasteiger partial charge in [-0.2, -0.15) is 0 Å². The van der Waals surface area contributed by atoms with E-state index in [1.54, 1.807) is 24.3 Å². The number of Topliss-reactive ketones (excluding diaryl/α,β-unsaturated/α-hetero) is 1. The second kappa shape index (κ2) is 7.98. The molecule has 0 aliphatic carbocycles. The van der Waals surface area contributed by atoms with Gasteiger partial charge in [0.15, 0.2) is 5.78 Å². The van der Waals surface area contributed by atoms with Gasteiger partial charge in [0.2, 0.25) is 11.8 Å². The summed E-state index contributed by atoms with van der Waals surface area (Å²) in [6, 6.07) is 10.8. The van der Waals surface area contributed by atoms with Crippen LogP contribution in [-0.2, 0) is 9.59 Å². The molecule has 2 unspecified atom stereocenters. The molecule has 5 nitrogen and oxygen atoms in total. The number of hydrogen-bond acceptors (Lipinski definition) is 4. The van der Waals surface area contributed by atoms with E-state index in [0.29, 0.717) is 15.6 Å². The van der Waals surface area contributed by atoms with Crippen molar-refractivity contribution in [2.45, 2.75) is 25.7 Å². The van der Waals surface area contributed by atoms with Crippen molar-refractivity contribution in [3.63, 3.8) is 0 Å². The number of ether oxygens (including phenoxy) is 1. The molecule has 2 atom stereocenters. The van der Waals surface area contributed by atoms with Crippen molar-refractivity contribution in [3.8, 4) is 5.75 Å². The SMILES string of the molecule is CC(=O)N1C(=O)C(C(=O)c2ccccc2Br)CC1c1ccc(OC(F)(F)F)cc1. The molecule has 2 aromatic rings. The van der Waals surface area contributed by atoms with Gasteiger partial charge in [-0.3, -0.25) is 19.3 Å². The van der Waals surface area contributed by atoms with Gasteiger partial charge >= 0.3 is 6.36 Å². The molecule has 0 spiro atoms. The second-order valence-corrected chi connectivity index (χ2v) is 7.35. The monoisotopic (exact) mass is 469 g/mol. The smallest absolute Gasteiger partial charge is 0.406 e. The second-order valence-electron chi connectivity index (χ2n) is 6.49. The van der Waals surface area contributed by atoms with Crippen molar-refractivity contribution < 1.29 is 32.3 Å². The highest BCUT2D eigenvalue weighted by atomic mass is 79.9. The quantitative estimate of drug-likeness (QED) is 0.482. The average molecular weight is 470 g/mol. The van der Waals surface area contributed by atoms with Crippen LogP contribution >= 0.6 is 15.9 Å². The van der Waals surface area contributed by atoms with Gasteiger partial charge in [0, 0.05) is 17.0 Å². The normalized spacial score (nSPS) is 19.3. The summed E-state index contributed by atoms with van der Waals surface area (Å²) in [6.07, 6.45) is -4.78. The van der Waals surface area contributed by atoms with Crippen molar-refractivity contribution in [2.24, 2.45) is 5.92 Å². The van der Waals surface area contributed by atoms with Gasteiger partial charge in [-0.15, -0.1) is 13.2 Å². The van der Waals surface area contributed by atoms with E-state index in [1.807, 2.05) is 0 Å². The van der Waals surface area contributed by atoms with E-state index in [9.17, 15) is 27.6 Å². The van der Waals surface area contributed by atoms with Crippen molar-refractivity contribution in [2.75, 3.05) is 0 Å². The number of alkyl halides is 3. The van der Waals surface area contributed by atoms with Crippen LogP contribution in [0.25, 0.3) is 0 Å². The maximum atomic E-state index is 12.9. The molecule has 0 aromatic heterocycles. The van der Waals surface area contributed by atoms with Crippen molar-refractivity contribution in [1.82, 2.24) is 4.90 Å². The van der Waals surface area contributed by atoms with Gasteiger partial charge in [0.05, 0.1) is 6.04 Å². The lowest BCUT2D eigenvalue weighted by Crippen LogP contribution is -2.35. The molecule has 2 amide bonds. The number of benzene rings is 2. The summed E-state index contributed by atoms with van der Waals surface area (Å²) in [4.78, 5) is 38.8. The molecule has 1 aliphatic heterocycles. The highest BCUT2D eigenvalue weighted by molar-refractivity contribution is 9.10. The summed E-state index contributed by atoms with van der Waals surface area (Å²) in [7, 11) is 0. The molecule has 0 bridgehead atoms. The molecule has 1 heterocycles. The number of ketones is 1. The summed E-state index contributed by atoms with van der Waals surface area (Å²) in [5.41, 5.74) is 0.759. The third-order valence-electron chi connectivity index (χ3n) is 4.60.